The summed E-state index contributed by atoms with van der Waals surface area (Å²) < 4.78 is 20.2. The monoisotopic (exact) mass is 443 g/mol. The Bertz CT molecular complexity index is 1220. The van der Waals surface area contributed by atoms with Gasteiger partial charge in [-0.15, -0.1) is 11.3 Å². The number of nitrogens with two attached hydrogens (primary N) is 1. The summed E-state index contributed by atoms with van der Waals surface area (Å²) in [6.45, 7) is 0.392. The van der Waals surface area contributed by atoms with Crippen LogP contribution in [0, 0.1) is 0 Å². The smallest absolute Gasteiger partial charge is 0.222 e. The Morgan fingerprint density at radius 2 is 2.10 bits per heavy atom. The third-order valence-electron chi connectivity index (χ3n) is 4.61. The van der Waals surface area contributed by atoms with E-state index in [1.165, 1.54) is 11.3 Å². The molecule has 156 valence electrons. The molecule has 3 N–H and O–H groups in total. The number of thiophene rings is 1. The maximum atomic E-state index is 12.8. The number of nitrogens with zero attached hydrogens (tertiary/aromatic N) is 5. The van der Waals surface area contributed by atoms with Gasteiger partial charge in [-0.2, -0.15) is 5.10 Å². The molecule has 11 heteroatoms. The molecule has 0 saturated heterocycles. The van der Waals surface area contributed by atoms with E-state index in [0.717, 1.165) is 22.2 Å². The second kappa shape index (κ2) is 8.46. The van der Waals surface area contributed by atoms with Crippen molar-refractivity contribution < 1.29 is 8.95 Å². The van der Waals surface area contributed by atoms with Crippen LogP contribution in [0.4, 0.5) is 11.6 Å². The van der Waals surface area contributed by atoms with E-state index in [4.69, 9.17) is 15.5 Å². The zero-order chi connectivity index (χ0) is 21.3. The molecule has 0 aliphatic rings. The van der Waals surface area contributed by atoms with Gasteiger partial charge in [0, 0.05) is 56.3 Å². The summed E-state index contributed by atoms with van der Waals surface area (Å²) in [6, 6.07) is 3.86. The minimum atomic E-state index is -1.27. The van der Waals surface area contributed by atoms with Crippen molar-refractivity contribution >= 4 is 44.0 Å². The van der Waals surface area contributed by atoms with Gasteiger partial charge in [0.25, 0.3) is 0 Å². The van der Waals surface area contributed by atoms with Crippen molar-refractivity contribution in [3.8, 4) is 22.5 Å². The fourth-order valence-corrected chi connectivity index (χ4v) is 5.66. The van der Waals surface area contributed by atoms with Gasteiger partial charge >= 0.3 is 0 Å². The van der Waals surface area contributed by atoms with Crippen LogP contribution >= 0.6 is 11.3 Å². The maximum absolute atomic E-state index is 12.8. The molecule has 0 saturated carbocycles. The number of pyridine rings is 1. The largest absolute Gasteiger partial charge is 0.396 e. The Morgan fingerprint density at radius 3 is 2.73 bits per heavy atom. The number of rotatable bonds is 7. The molecule has 1 atom stereocenters. The van der Waals surface area contributed by atoms with Crippen LogP contribution in [0.1, 0.15) is 0 Å². The number of fused-ring (bicyclic) bond motifs is 1. The van der Waals surface area contributed by atoms with E-state index in [2.05, 4.69) is 20.4 Å². The highest BCUT2D eigenvalue weighted by Gasteiger charge is 2.22. The number of aromatic nitrogens is 5. The predicted molar refractivity (Wildman–Crippen MR) is 120 cm³/mol. The second-order valence-corrected chi connectivity index (χ2v) is 9.23. The molecule has 0 radical (unpaired) electrons. The van der Waals surface area contributed by atoms with Crippen molar-refractivity contribution in [2.75, 3.05) is 37.6 Å². The summed E-state index contributed by atoms with van der Waals surface area (Å²) in [7, 11) is 3.95. The summed E-state index contributed by atoms with van der Waals surface area (Å²) in [6.07, 6.45) is 5.16. The molecule has 0 aromatic carbocycles. The lowest BCUT2D eigenvalue weighted by molar-refractivity contribution is 0.218. The van der Waals surface area contributed by atoms with Crippen LogP contribution in [-0.4, -0.2) is 55.5 Å². The van der Waals surface area contributed by atoms with Gasteiger partial charge in [0.2, 0.25) is 5.95 Å². The van der Waals surface area contributed by atoms with Gasteiger partial charge < -0.3 is 15.8 Å². The van der Waals surface area contributed by atoms with Gasteiger partial charge in [0.05, 0.1) is 40.2 Å². The summed E-state index contributed by atoms with van der Waals surface area (Å²) >= 11 is 1.34. The zero-order valence-corrected chi connectivity index (χ0v) is 18.4. The van der Waals surface area contributed by atoms with Crippen LogP contribution in [-0.2, 0) is 22.6 Å². The molecule has 4 aromatic heterocycles. The number of methoxy groups -OCH3 is 1. The first-order chi connectivity index (χ1) is 14.5. The number of aryl methyl sites for hydroxylation is 1. The molecule has 0 aliphatic carbocycles. The standard InChI is InChI=1S/C19H21N7O2S2/c1-21-19-22-9-11(10-23-19)13-8-12(14-4-5-24-26(14)2)15-16(20)18(29-17(15)25-13)30(27)7-6-28-3/h4-5,8-10H,6-7,20H2,1-3H3,(H,21,22,23)/t30-/m0/s1. The molecule has 0 spiro atoms. The fraction of sp³-hybridized carbons (Fsp3) is 0.263. The Labute approximate surface area is 179 Å². The molecule has 0 bridgehead atoms. The number of hydrogen-bond acceptors (Lipinski definition) is 9. The molecule has 4 rings (SSSR count). The third-order valence-corrected chi connectivity index (χ3v) is 7.49. The van der Waals surface area contributed by atoms with E-state index in [-0.39, 0.29) is 0 Å². The molecule has 30 heavy (non-hydrogen) atoms. The SMILES string of the molecule is CNc1ncc(-c2cc(-c3ccnn3C)c3c(N)c([S@@](=O)CCOC)sc3n2)cn1. The third kappa shape index (κ3) is 3.66. The average molecular weight is 444 g/mol. The number of nitrogens with one attached hydrogen (secondary N) is 1. The van der Waals surface area contributed by atoms with Gasteiger partial charge in [-0.25, -0.2) is 15.0 Å². The average Bonchev–Trinajstić information content (AvgIpc) is 3.34. The highest BCUT2D eigenvalue weighted by atomic mass is 32.2. The quantitative estimate of drug-likeness (QED) is 0.447. The minimum Gasteiger partial charge on any atom is -0.396 e. The molecule has 0 fully saturated rings. The number of ether oxygens (including phenoxy) is 1. The Morgan fingerprint density at radius 1 is 1.33 bits per heavy atom. The molecule has 4 heterocycles. The van der Waals surface area contributed by atoms with Crippen LogP contribution in [0.5, 0.6) is 0 Å². The lowest BCUT2D eigenvalue weighted by atomic mass is 10.1. The van der Waals surface area contributed by atoms with Crippen molar-refractivity contribution in [1.82, 2.24) is 24.7 Å². The summed E-state index contributed by atoms with van der Waals surface area (Å²) in [5.74, 6) is 0.906. The molecule has 9 nitrogen and oxygen atoms in total. The lowest BCUT2D eigenvalue weighted by Crippen LogP contribution is -2.04. The fourth-order valence-electron chi connectivity index (χ4n) is 3.10. The van der Waals surface area contributed by atoms with Gasteiger partial charge in [-0.1, -0.05) is 0 Å². The normalized spacial score (nSPS) is 12.4. The topological polar surface area (TPSA) is 121 Å². The second-order valence-electron chi connectivity index (χ2n) is 6.47. The van der Waals surface area contributed by atoms with Gasteiger partial charge in [0.15, 0.2) is 0 Å². The molecule has 0 unspecified atom stereocenters. The summed E-state index contributed by atoms with van der Waals surface area (Å²) in [5, 5.41) is 7.97. The Hall–Kier alpha value is -2.89. The first-order valence-corrected chi connectivity index (χ1v) is 11.3. The van der Waals surface area contributed by atoms with Crippen LogP contribution < -0.4 is 11.1 Å². The minimum absolute atomic E-state index is 0.376. The van der Waals surface area contributed by atoms with E-state index in [0.29, 0.717) is 38.7 Å². The van der Waals surface area contributed by atoms with Crippen molar-refractivity contribution in [2.45, 2.75) is 4.21 Å². The summed E-state index contributed by atoms with van der Waals surface area (Å²) in [4.78, 5) is 14.1. The van der Waals surface area contributed by atoms with Crippen LogP contribution in [0.25, 0.3) is 32.7 Å². The van der Waals surface area contributed by atoms with E-state index in [1.54, 1.807) is 37.4 Å². The highest BCUT2D eigenvalue weighted by Crippen LogP contribution is 2.42. The van der Waals surface area contributed by atoms with Crippen LogP contribution in [0.15, 0.2) is 34.9 Å². The first kappa shape index (κ1) is 20.4. The van der Waals surface area contributed by atoms with E-state index < -0.39 is 10.8 Å². The Kier molecular flexibility index (Phi) is 5.75. The molecule has 0 amide bonds. The Balaban J connectivity index is 1.93. The van der Waals surface area contributed by atoms with Gasteiger partial charge in [-0.05, 0) is 12.1 Å². The van der Waals surface area contributed by atoms with Crippen molar-refractivity contribution in [1.29, 1.82) is 0 Å². The lowest BCUT2D eigenvalue weighted by Gasteiger charge is -2.09. The highest BCUT2D eigenvalue weighted by molar-refractivity contribution is 7.87. The predicted octanol–water partition coefficient (Wildman–Crippen LogP) is 2.53. The molecular formula is C19H21N7O2S2. The molecule has 4 aromatic rings. The maximum Gasteiger partial charge on any atom is 0.222 e. The van der Waals surface area contributed by atoms with Gasteiger partial charge in [0.1, 0.15) is 9.04 Å². The van der Waals surface area contributed by atoms with E-state index in [1.807, 2.05) is 19.2 Å². The van der Waals surface area contributed by atoms with Crippen molar-refractivity contribution in [2.24, 2.45) is 7.05 Å². The number of hydrogen-bond donors (Lipinski definition) is 2. The van der Waals surface area contributed by atoms with Crippen molar-refractivity contribution in [3.63, 3.8) is 0 Å². The van der Waals surface area contributed by atoms with E-state index >= 15 is 0 Å². The van der Waals surface area contributed by atoms with Gasteiger partial charge in [-0.3, -0.25) is 8.89 Å². The molecular weight excluding hydrogens is 422 g/mol. The zero-order valence-electron chi connectivity index (χ0n) is 16.7. The molecule has 0 aliphatic heterocycles. The summed E-state index contributed by atoms with van der Waals surface area (Å²) in [5.41, 5.74) is 10.2. The number of anilines is 2. The van der Waals surface area contributed by atoms with Crippen LogP contribution in [0.3, 0.4) is 0 Å². The van der Waals surface area contributed by atoms with E-state index in [9.17, 15) is 4.21 Å². The van der Waals surface area contributed by atoms with Crippen LogP contribution in [0.2, 0.25) is 0 Å². The number of nitrogen functional groups attached to an aromatic ring is 1. The van der Waals surface area contributed by atoms with Crippen molar-refractivity contribution in [3.05, 3.63) is 30.7 Å². The first-order valence-electron chi connectivity index (χ1n) is 9.12.